The van der Waals surface area contributed by atoms with Crippen molar-refractivity contribution >= 4 is 40.7 Å². The van der Waals surface area contributed by atoms with Crippen molar-refractivity contribution in [2.75, 3.05) is 10.6 Å². The molecule has 3 N–H and O–H groups in total. The van der Waals surface area contributed by atoms with Gasteiger partial charge in [0, 0.05) is 29.9 Å². The Bertz CT molecular complexity index is 867. The number of anilines is 2. The number of rotatable bonds is 6. The molecule has 7 heteroatoms. The topological polar surface area (TPSA) is 87.3 Å². The molecule has 0 spiro atoms. The summed E-state index contributed by atoms with van der Waals surface area (Å²) in [4.78, 5) is 35.7. The van der Waals surface area contributed by atoms with E-state index in [0.717, 1.165) is 5.56 Å². The molecule has 1 aliphatic carbocycles. The molecule has 0 radical (unpaired) electrons. The molecule has 6 nitrogen and oxygen atoms in total. The van der Waals surface area contributed by atoms with E-state index in [1.54, 1.807) is 36.4 Å². The van der Waals surface area contributed by atoms with Gasteiger partial charge in [-0.15, -0.1) is 0 Å². The van der Waals surface area contributed by atoms with E-state index in [2.05, 4.69) is 16.0 Å². The number of benzene rings is 2. The van der Waals surface area contributed by atoms with E-state index < -0.39 is 0 Å². The Morgan fingerprint density at radius 3 is 2.26 bits per heavy atom. The minimum absolute atomic E-state index is 0.128. The standard InChI is InChI=1S/C20H20ClN3O3/c1-12(25)23-15-3-2-4-16(9-15)24-20(27)18-10-17(18)19(26)22-11-13-5-7-14(21)8-6-13/h2-9,17-18H,10-11H2,1H3,(H,22,26)(H,23,25)(H,24,27). The van der Waals surface area contributed by atoms with Gasteiger partial charge in [0.2, 0.25) is 17.7 Å². The lowest BCUT2D eigenvalue weighted by Gasteiger charge is -2.08. The largest absolute Gasteiger partial charge is 0.352 e. The lowest BCUT2D eigenvalue weighted by Crippen LogP contribution is -2.27. The van der Waals surface area contributed by atoms with Crippen LogP contribution in [0.1, 0.15) is 18.9 Å². The number of carbonyl (C=O) groups excluding carboxylic acids is 3. The molecule has 1 saturated carbocycles. The Hall–Kier alpha value is -2.86. The van der Waals surface area contributed by atoms with Crippen molar-refractivity contribution in [3.8, 4) is 0 Å². The highest BCUT2D eigenvalue weighted by Gasteiger charge is 2.47. The van der Waals surface area contributed by atoms with Crippen LogP contribution in [-0.2, 0) is 20.9 Å². The molecule has 3 rings (SSSR count). The molecular weight excluding hydrogens is 366 g/mol. The number of hydrogen-bond acceptors (Lipinski definition) is 3. The van der Waals surface area contributed by atoms with Crippen molar-refractivity contribution in [1.29, 1.82) is 0 Å². The van der Waals surface area contributed by atoms with Crippen LogP contribution in [0, 0.1) is 11.8 Å². The summed E-state index contributed by atoms with van der Waals surface area (Å²) < 4.78 is 0. The third kappa shape index (κ3) is 5.31. The predicted molar refractivity (Wildman–Crippen MR) is 104 cm³/mol. The van der Waals surface area contributed by atoms with Gasteiger partial charge in [0.1, 0.15) is 0 Å². The Morgan fingerprint density at radius 2 is 1.59 bits per heavy atom. The van der Waals surface area contributed by atoms with Gasteiger partial charge < -0.3 is 16.0 Å². The van der Waals surface area contributed by atoms with Gasteiger partial charge in [-0.3, -0.25) is 14.4 Å². The predicted octanol–water partition coefficient (Wildman–Crippen LogP) is 3.19. The highest BCUT2D eigenvalue weighted by Crippen LogP contribution is 2.39. The molecule has 3 amide bonds. The molecule has 0 heterocycles. The van der Waals surface area contributed by atoms with Crippen molar-refractivity contribution in [3.63, 3.8) is 0 Å². The SMILES string of the molecule is CC(=O)Nc1cccc(NC(=O)C2CC2C(=O)NCc2ccc(Cl)cc2)c1. The average Bonchev–Trinajstić information content (AvgIpc) is 3.42. The zero-order valence-electron chi connectivity index (χ0n) is 14.8. The van der Waals surface area contributed by atoms with Crippen molar-refractivity contribution in [1.82, 2.24) is 5.32 Å². The summed E-state index contributed by atoms with van der Waals surface area (Å²) >= 11 is 5.84. The summed E-state index contributed by atoms with van der Waals surface area (Å²) in [6, 6.07) is 14.1. The minimum Gasteiger partial charge on any atom is -0.352 e. The van der Waals surface area contributed by atoms with Crippen LogP contribution in [0.25, 0.3) is 0 Å². The number of nitrogens with one attached hydrogen (secondary N) is 3. The average molecular weight is 386 g/mol. The fraction of sp³-hybridized carbons (Fsp3) is 0.250. The van der Waals surface area contributed by atoms with Gasteiger partial charge in [0.15, 0.2) is 0 Å². The zero-order chi connectivity index (χ0) is 19.4. The summed E-state index contributed by atoms with van der Waals surface area (Å²) in [6.45, 7) is 1.82. The maximum atomic E-state index is 12.3. The van der Waals surface area contributed by atoms with Gasteiger partial charge in [-0.25, -0.2) is 0 Å². The lowest BCUT2D eigenvalue weighted by molar-refractivity contribution is -0.125. The molecule has 0 aliphatic heterocycles. The van der Waals surface area contributed by atoms with Gasteiger partial charge in [-0.1, -0.05) is 29.8 Å². The molecule has 1 fully saturated rings. The summed E-state index contributed by atoms with van der Waals surface area (Å²) in [7, 11) is 0. The number of hydrogen-bond donors (Lipinski definition) is 3. The van der Waals surface area contributed by atoms with Crippen LogP contribution in [0.4, 0.5) is 11.4 Å². The lowest BCUT2D eigenvalue weighted by atomic mass is 10.2. The summed E-state index contributed by atoms with van der Waals surface area (Å²) in [5, 5.41) is 8.96. The van der Waals surface area contributed by atoms with E-state index in [1.807, 2.05) is 12.1 Å². The van der Waals surface area contributed by atoms with Crippen LogP contribution in [0.3, 0.4) is 0 Å². The Labute approximate surface area is 162 Å². The van der Waals surface area contributed by atoms with Gasteiger partial charge in [-0.2, -0.15) is 0 Å². The van der Waals surface area contributed by atoms with Gasteiger partial charge in [-0.05, 0) is 42.3 Å². The third-order valence-corrected chi connectivity index (χ3v) is 4.55. The van der Waals surface area contributed by atoms with E-state index in [0.29, 0.717) is 29.4 Å². The molecule has 140 valence electrons. The van der Waals surface area contributed by atoms with Gasteiger partial charge in [0.25, 0.3) is 0 Å². The van der Waals surface area contributed by atoms with Crippen LogP contribution in [0.5, 0.6) is 0 Å². The molecule has 2 aromatic carbocycles. The first-order valence-corrected chi connectivity index (χ1v) is 9.01. The smallest absolute Gasteiger partial charge is 0.228 e. The molecule has 2 aromatic rings. The molecule has 0 aromatic heterocycles. The minimum atomic E-state index is -0.334. The van der Waals surface area contributed by atoms with Crippen LogP contribution in [0.2, 0.25) is 5.02 Å². The molecule has 0 bridgehead atoms. The third-order valence-electron chi connectivity index (χ3n) is 4.29. The Balaban J connectivity index is 1.49. The van der Waals surface area contributed by atoms with Crippen LogP contribution < -0.4 is 16.0 Å². The van der Waals surface area contributed by atoms with Crippen molar-refractivity contribution in [2.24, 2.45) is 11.8 Å². The van der Waals surface area contributed by atoms with Gasteiger partial charge in [0.05, 0.1) is 11.8 Å². The summed E-state index contributed by atoms with van der Waals surface area (Å²) in [5.41, 5.74) is 2.14. The fourth-order valence-electron chi connectivity index (χ4n) is 2.81. The van der Waals surface area contributed by atoms with E-state index in [9.17, 15) is 14.4 Å². The second-order valence-corrected chi connectivity index (χ2v) is 6.98. The first kappa shape index (κ1) is 18.9. The number of carbonyl (C=O) groups is 3. The van der Waals surface area contributed by atoms with E-state index in [4.69, 9.17) is 11.6 Å². The number of halogens is 1. The monoisotopic (exact) mass is 385 g/mol. The summed E-state index contributed by atoms with van der Waals surface area (Å²) in [6.07, 6.45) is 0.531. The molecule has 0 saturated heterocycles. The summed E-state index contributed by atoms with van der Waals surface area (Å²) in [5.74, 6) is -1.15. The maximum Gasteiger partial charge on any atom is 0.228 e. The quantitative estimate of drug-likeness (QED) is 0.713. The van der Waals surface area contributed by atoms with E-state index in [-0.39, 0.29) is 29.6 Å². The van der Waals surface area contributed by atoms with Crippen molar-refractivity contribution in [3.05, 3.63) is 59.1 Å². The number of amides is 3. The Morgan fingerprint density at radius 1 is 0.963 bits per heavy atom. The van der Waals surface area contributed by atoms with E-state index in [1.165, 1.54) is 6.92 Å². The molecular formula is C20H20ClN3O3. The van der Waals surface area contributed by atoms with Crippen LogP contribution >= 0.6 is 11.6 Å². The fourth-order valence-corrected chi connectivity index (χ4v) is 2.94. The van der Waals surface area contributed by atoms with Crippen molar-refractivity contribution in [2.45, 2.75) is 19.9 Å². The highest BCUT2D eigenvalue weighted by atomic mass is 35.5. The first-order valence-electron chi connectivity index (χ1n) is 8.63. The highest BCUT2D eigenvalue weighted by molar-refractivity contribution is 6.30. The maximum absolute atomic E-state index is 12.3. The van der Waals surface area contributed by atoms with Crippen LogP contribution in [-0.4, -0.2) is 17.7 Å². The first-order chi connectivity index (χ1) is 12.9. The molecule has 2 atom stereocenters. The van der Waals surface area contributed by atoms with Crippen molar-refractivity contribution < 1.29 is 14.4 Å². The second kappa shape index (κ2) is 8.22. The zero-order valence-corrected chi connectivity index (χ0v) is 15.5. The second-order valence-electron chi connectivity index (χ2n) is 6.54. The Kier molecular flexibility index (Phi) is 5.76. The van der Waals surface area contributed by atoms with Crippen LogP contribution in [0.15, 0.2) is 48.5 Å². The molecule has 2 unspecified atom stereocenters. The molecule has 27 heavy (non-hydrogen) atoms. The van der Waals surface area contributed by atoms with Gasteiger partial charge >= 0.3 is 0 Å². The molecule has 1 aliphatic rings. The normalized spacial score (nSPS) is 17.7. The van der Waals surface area contributed by atoms with E-state index >= 15 is 0 Å².